The maximum absolute atomic E-state index is 12.7. The second-order valence-corrected chi connectivity index (χ2v) is 8.77. The molecule has 1 aliphatic rings. The van der Waals surface area contributed by atoms with E-state index in [1.807, 2.05) is 78.2 Å². The zero-order chi connectivity index (χ0) is 24.8. The summed E-state index contributed by atoms with van der Waals surface area (Å²) in [5, 5.41) is 4.67. The number of ether oxygens (including phenoxy) is 4. The van der Waals surface area contributed by atoms with E-state index in [2.05, 4.69) is 5.10 Å². The van der Waals surface area contributed by atoms with Gasteiger partial charge in [-0.1, -0.05) is 12.1 Å². The van der Waals surface area contributed by atoms with Crippen LogP contribution >= 0.6 is 0 Å². The lowest BCUT2D eigenvalue weighted by molar-refractivity contribution is -0.143. The molecule has 35 heavy (non-hydrogen) atoms. The first kappa shape index (κ1) is 24.6. The van der Waals surface area contributed by atoms with Crippen LogP contribution in [0.5, 0.6) is 17.2 Å². The predicted octanol–water partition coefficient (Wildman–Crippen LogP) is 4.17. The topological polar surface area (TPSA) is 75.1 Å². The molecule has 1 aliphatic heterocycles. The molecule has 2 unspecified atom stereocenters. The van der Waals surface area contributed by atoms with Gasteiger partial charge in [0.1, 0.15) is 12.4 Å². The highest BCUT2D eigenvalue weighted by Crippen LogP contribution is 2.32. The molecule has 2 atom stereocenters. The lowest BCUT2D eigenvalue weighted by Gasteiger charge is -2.35. The Balaban J connectivity index is 1.39. The van der Waals surface area contributed by atoms with Crippen LogP contribution in [0.3, 0.4) is 0 Å². The Morgan fingerprint density at radius 3 is 2.43 bits per heavy atom. The lowest BCUT2D eigenvalue weighted by atomic mass is 10.1. The molecule has 0 radical (unpaired) electrons. The quantitative estimate of drug-likeness (QED) is 0.459. The van der Waals surface area contributed by atoms with Crippen molar-refractivity contribution in [2.45, 2.75) is 45.6 Å². The van der Waals surface area contributed by atoms with Gasteiger partial charge >= 0.3 is 0 Å². The van der Waals surface area contributed by atoms with E-state index >= 15 is 0 Å². The number of hydrogen-bond donors (Lipinski definition) is 0. The van der Waals surface area contributed by atoms with Crippen molar-refractivity contribution in [3.63, 3.8) is 0 Å². The van der Waals surface area contributed by atoms with Crippen LogP contribution in [0.15, 0.2) is 54.7 Å². The van der Waals surface area contributed by atoms with Crippen molar-refractivity contribution in [1.29, 1.82) is 0 Å². The van der Waals surface area contributed by atoms with Gasteiger partial charge in [-0.3, -0.25) is 9.48 Å². The van der Waals surface area contributed by atoms with Crippen LogP contribution in [-0.4, -0.2) is 60.1 Å². The van der Waals surface area contributed by atoms with Gasteiger partial charge in [0, 0.05) is 37.8 Å². The summed E-state index contributed by atoms with van der Waals surface area (Å²) in [5.74, 6) is 2.23. The highest BCUT2D eigenvalue weighted by Gasteiger charge is 2.25. The van der Waals surface area contributed by atoms with Crippen molar-refractivity contribution in [1.82, 2.24) is 14.7 Å². The predicted molar refractivity (Wildman–Crippen MR) is 133 cm³/mol. The summed E-state index contributed by atoms with van der Waals surface area (Å²) in [4.78, 5) is 14.6. The molecule has 2 aromatic carbocycles. The van der Waals surface area contributed by atoms with Gasteiger partial charge in [-0.05, 0) is 55.8 Å². The molecular formula is C27H33N3O5. The summed E-state index contributed by atoms with van der Waals surface area (Å²) < 4.78 is 24.3. The first-order chi connectivity index (χ1) is 16.9. The molecule has 1 amide bonds. The van der Waals surface area contributed by atoms with Crippen molar-refractivity contribution in [2.75, 3.05) is 27.3 Å². The number of rotatable bonds is 9. The molecule has 1 saturated heterocycles. The van der Waals surface area contributed by atoms with Gasteiger partial charge in [-0.2, -0.15) is 5.10 Å². The van der Waals surface area contributed by atoms with E-state index in [1.165, 1.54) is 0 Å². The number of carbonyl (C=O) groups excluding carboxylic acids is 1. The Labute approximate surface area is 206 Å². The number of hydrogen-bond acceptors (Lipinski definition) is 6. The lowest BCUT2D eigenvalue weighted by Crippen LogP contribution is -2.48. The number of morpholine rings is 1. The molecule has 0 saturated carbocycles. The van der Waals surface area contributed by atoms with Crippen molar-refractivity contribution in [3.8, 4) is 28.5 Å². The Kier molecular flexibility index (Phi) is 7.92. The fourth-order valence-corrected chi connectivity index (χ4v) is 4.22. The van der Waals surface area contributed by atoms with E-state index in [0.717, 1.165) is 22.6 Å². The molecule has 3 aromatic rings. The highest BCUT2D eigenvalue weighted by molar-refractivity contribution is 5.76. The molecule has 0 bridgehead atoms. The number of benzene rings is 2. The Bertz CT molecular complexity index is 1120. The van der Waals surface area contributed by atoms with E-state index in [9.17, 15) is 4.79 Å². The van der Waals surface area contributed by atoms with Gasteiger partial charge in [0.05, 0.1) is 32.1 Å². The largest absolute Gasteiger partial charge is 0.497 e. The van der Waals surface area contributed by atoms with Crippen LogP contribution in [0.4, 0.5) is 0 Å². The second-order valence-electron chi connectivity index (χ2n) is 8.77. The van der Waals surface area contributed by atoms with E-state index in [0.29, 0.717) is 44.2 Å². The Morgan fingerprint density at radius 2 is 1.74 bits per heavy atom. The number of aromatic nitrogens is 2. The Hall–Kier alpha value is -3.52. The van der Waals surface area contributed by atoms with Gasteiger partial charge in [-0.15, -0.1) is 0 Å². The van der Waals surface area contributed by atoms with Crippen molar-refractivity contribution >= 4 is 5.91 Å². The average molecular weight is 480 g/mol. The SMILES string of the molecule is COc1ccc(COc2cc(-c3ccn(CCC(=O)N4CC(C)OC(C)C4)n3)ccc2OC)cc1. The van der Waals surface area contributed by atoms with Crippen molar-refractivity contribution in [2.24, 2.45) is 0 Å². The van der Waals surface area contributed by atoms with Gasteiger partial charge < -0.3 is 23.8 Å². The summed E-state index contributed by atoms with van der Waals surface area (Å²) in [7, 11) is 3.27. The number of aryl methyl sites for hydroxylation is 1. The summed E-state index contributed by atoms with van der Waals surface area (Å²) in [6, 6.07) is 15.4. The van der Waals surface area contributed by atoms with Crippen molar-refractivity contribution in [3.05, 3.63) is 60.3 Å². The van der Waals surface area contributed by atoms with Crippen LogP contribution < -0.4 is 14.2 Å². The third-order valence-corrected chi connectivity index (χ3v) is 5.98. The molecule has 0 aliphatic carbocycles. The third-order valence-electron chi connectivity index (χ3n) is 5.98. The van der Waals surface area contributed by atoms with E-state index < -0.39 is 0 Å². The van der Waals surface area contributed by atoms with E-state index in [4.69, 9.17) is 18.9 Å². The summed E-state index contributed by atoms with van der Waals surface area (Å²) in [6.07, 6.45) is 2.43. The minimum Gasteiger partial charge on any atom is -0.497 e. The average Bonchev–Trinajstić information content (AvgIpc) is 3.34. The maximum Gasteiger partial charge on any atom is 0.224 e. The summed E-state index contributed by atoms with van der Waals surface area (Å²) in [5.41, 5.74) is 2.75. The van der Waals surface area contributed by atoms with Crippen LogP contribution in [0.2, 0.25) is 0 Å². The number of amides is 1. The molecule has 1 fully saturated rings. The summed E-state index contributed by atoms with van der Waals surface area (Å²) in [6.45, 7) is 6.20. The fourth-order valence-electron chi connectivity index (χ4n) is 4.22. The standard InChI is InChI=1S/C27H33N3O5/c1-19-16-29(17-20(2)35-19)27(31)12-14-30-13-11-24(28-30)22-7-10-25(33-4)26(15-22)34-18-21-5-8-23(32-3)9-6-21/h5-11,13,15,19-20H,12,14,16-18H2,1-4H3. The molecule has 4 rings (SSSR count). The molecule has 186 valence electrons. The van der Waals surface area contributed by atoms with E-state index in [-0.39, 0.29) is 18.1 Å². The fraction of sp³-hybridized carbons (Fsp3) is 0.407. The number of nitrogens with zero attached hydrogens (tertiary/aromatic N) is 3. The Morgan fingerprint density at radius 1 is 1.00 bits per heavy atom. The molecule has 0 N–H and O–H groups in total. The van der Waals surface area contributed by atoms with Gasteiger partial charge in [0.2, 0.25) is 5.91 Å². The number of carbonyl (C=O) groups is 1. The highest BCUT2D eigenvalue weighted by atomic mass is 16.5. The van der Waals surface area contributed by atoms with Gasteiger partial charge in [0.25, 0.3) is 0 Å². The first-order valence-corrected chi connectivity index (χ1v) is 11.9. The smallest absolute Gasteiger partial charge is 0.224 e. The van der Waals surface area contributed by atoms with Crippen LogP contribution in [-0.2, 0) is 22.7 Å². The van der Waals surface area contributed by atoms with Gasteiger partial charge in [0.15, 0.2) is 11.5 Å². The first-order valence-electron chi connectivity index (χ1n) is 11.9. The minimum absolute atomic E-state index is 0.0650. The van der Waals surface area contributed by atoms with Crippen LogP contribution in [0.25, 0.3) is 11.3 Å². The molecular weight excluding hydrogens is 446 g/mol. The van der Waals surface area contributed by atoms with Crippen molar-refractivity contribution < 1.29 is 23.7 Å². The third kappa shape index (κ3) is 6.33. The normalized spacial score (nSPS) is 17.8. The van der Waals surface area contributed by atoms with Crippen LogP contribution in [0, 0.1) is 0 Å². The molecule has 0 spiro atoms. The second kappa shape index (κ2) is 11.3. The number of methoxy groups -OCH3 is 2. The monoisotopic (exact) mass is 479 g/mol. The van der Waals surface area contributed by atoms with Gasteiger partial charge in [-0.25, -0.2) is 0 Å². The maximum atomic E-state index is 12.7. The van der Waals surface area contributed by atoms with E-state index in [1.54, 1.807) is 14.2 Å². The molecule has 2 heterocycles. The zero-order valence-corrected chi connectivity index (χ0v) is 20.8. The summed E-state index contributed by atoms with van der Waals surface area (Å²) >= 11 is 0. The molecule has 8 heteroatoms. The van der Waals surface area contributed by atoms with Crippen LogP contribution in [0.1, 0.15) is 25.8 Å². The molecule has 1 aromatic heterocycles. The minimum atomic E-state index is 0.0650. The molecule has 8 nitrogen and oxygen atoms in total. The zero-order valence-electron chi connectivity index (χ0n) is 20.8.